The number of benzene rings is 2. The van der Waals surface area contributed by atoms with Crippen molar-refractivity contribution in [1.29, 1.82) is 0 Å². The molecule has 0 spiro atoms. The summed E-state index contributed by atoms with van der Waals surface area (Å²) in [4.78, 5) is 4.22. The average molecular weight is 270 g/mol. The number of fused-ring (bicyclic) bond motifs is 1. The molecule has 3 rings (SSSR count). The Morgan fingerprint density at radius 2 is 2.05 bits per heavy atom. The largest absolute Gasteiger partial charge is 0.506 e. The van der Waals surface area contributed by atoms with Gasteiger partial charge >= 0.3 is 0 Å². The van der Waals surface area contributed by atoms with E-state index in [-0.39, 0.29) is 5.75 Å². The number of nitrogens with zero attached hydrogens (tertiary/aromatic N) is 2. The van der Waals surface area contributed by atoms with Gasteiger partial charge in [-0.1, -0.05) is 35.5 Å². The minimum absolute atomic E-state index is 0.148. The molecule has 20 heavy (non-hydrogen) atoms. The highest BCUT2D eigenvalue weighted by molar-refractivity contribution is 5.93. The van der Waals surface area contributed by atoms with Crippen molar-refractivity contribution in [1.82, 2.24) is 10.1 Å². The van der Waals surface area contributed by atoms with Crippen LogP contribution >= 0.6 is 0 Å². The lowest BCUT2D eigenvalue weighted by atomic mass is 10.1. The van der Waals surface area contributed by atoms with E-state index in [0.717, 1.165) is 10.8 Å². The van der Waals surface area contributed by atoms with Gasteiger partial charge in [-0.15, -0.1) is 0 Å². The summed E-state index contributed by atoms with van der Waals surface area (Å²) in [5.74, 6) is 0.909. The molecule has 0 unspecified atom stereocenters. The molecule has 0 radical (unpaired) electrons. The molecule has 0 bridgehead atoms. The first-order valence-corrected chi connectivity index (χ1v) is 6.41. The van der Waals surface area contributed by atoms with Gasteiger partial charge in [-0.2, -0.15) is 4.98 Å². The summed E-state index contributed by atoms with van der Waals surface area (Å²) in [5, 5.41) is 15.9. The van der Waals surface area contributed by atoms with Crippen LogP contribution in [0.5, 0.6) is 5.75 Å². The molecule has 0 atom stereocenters. The van der Waals surface area contributed by atoms with Crippen LogP contribution in [0.1, 0.15) is 12.7 Å². The van der Waals surface area contributed by atoms with E-state index in [1.165, 1.54) is 0 Å². The minimum Gasteiger partial charge on any atom is -0.506 e. The van der Waals surface area contributed by atoms with Crippen LogP contribution < -0.4 is 0 Å². The molecule has 3 aromatic rings. The van der Waals surface area contributed by atoms with Crippen LogP contribution in [-0.2, 0) is 11.3 Å². The zero-order valence-corrected chi connectivity index (χ0v) is 11.0. The molecule has 102 valence electrons. The molecular weight excluding hydrogens is 256 g/mol. The normalized spacial score (nSPS) is 11.1. The van der Waals surface area contributed by atoms with Crippen molar-refractivity contribution in [2.75, 3.05) is 6.61 Å². The van der Waals surface area contributed by atoms with Crippen molar-refractivity contribution in [2.45, 2.75) is 13.5 Å². The molecule has 0 saturated carbocycles. The molecule has 0 saturated heterocycles. The third kappa shape index (κ3) is 2.23. The summed E-state index contributed by atoms with van der Waals surface area (Å²) in [5.41, 5.74) is 0.527. The van der Waals surface area contributed by atoms with Crippen molar-refractivity contribution < 1.29 is 14.4 Å². The second kappa shape index (κ2) is 5.30. The molecule has 5 heteroatoms. The maximum Gasteiger partial charge on any atom is 0.261 e. The molecule has 1 aromatic heterocycles. The lowest BCUT2D eigenvalue weighted by molar-refractivity contribution is 0.126. The number of phenolic OH excluding ortho intramolecular Hbond substituents is 1. The fraction of sp³-hybridized carbons (Fsp3) is 0.200. The first kappa shape index (κ1) is 12.6. The predicted molar refractivity (Wildman–Crippen MR) is 74.2 cm³/mol. The van der Waals surface area contributed by atoms with Crippen LogP contribution in [0.2, 0.25) is 0 Å². The SMILES string of the molecule is CCOCc1noc(-c2ccc3ccccc3c2O)n1. The molecule has 0 aliphatic rings. The number of ether oxygens (including phenoxy) is 1. The van der Waals surface area contributed by atoms with E-state index in [0.29, 0.717) is 30.5 Å². The maximum atomic E-state index is 10.3. The number of aromatic nitrogens is 2. The first-order chi connectivity index (χ1) is 9.79. The van der Waals surface area contributed by atoms with Crippen LogP contribution in [0.15, 0.2) is 40.9 Å². The van der Waals surface area contributed by atoms with Crippen LogP contribution in [0.3, 0.4) is 0 Å². The molecule has 0 amide bonds. The summed E-state index contributed by atoms with van der Waals surface area (Å²) in [6.07, 6.45) is 0. The third-order valence-electron chi connectivity index (χ3n) is 3.03. The first-order valence-electron chi connectivity index (χ1n) is 6.41. The molecule has 2 aromatic carbocycles. The van der Waals surface area contributed by atoms with Gasteiger partial charge in [-0.05, 0) is 18.4 Å². The van der Waals surface area contributed by atoms with Gasteiger partial charge in [0.05, 0.1) is 5.56 Å². The van der Waals surface area contributed by atoms with Gasteiger partial charge in [0.15, 0.2) is 5.82 Å². The van der Waals surface area contributed by atoms with E-state index in [1.54, 1.807) is 6.07 Å². The zero-order chi connectivity index (χ0) is 13.9. The Hall–Kier alpha value is -2.40. The monoisotopic (exact) mass is 270 g/mol. The molecule has 1 N–H and O–H groups in total. The van der Waals surface area contributed by atoms with Crippen LogP contribution in [-0.4, -0.2) is 21.9 Å². The Morgan fingerprint density at radius 3 is 2.90 bits per heavy atom. The Balaban J connectivity index is 2.01. The second-order valence-electron chi connectivity index (χ2n) is 4.34. The van der Waals surface area contributed by atoms with Gasteiger partial charge in [-0.25, -0.2) is 0 Å². The van der Waals surface area contributed by atoms with Crippen molar-refractivity contribution in [3.8, 4) is 17.2 Å². The Kier molecular flexibility index (Phi) is 3.35. The number of hydrogen-bond donors (Lipinski definition) is 1. The maximum absolute atomic E-state index is 10.3. The van der Waals surface area contributed by atoms with Crippen LogP contribution in [0, 0.1) is 0 Å². The van der Waals surface area contributed by atoms with Gasteiger partial charge in [-0.3, -0.25) is 0 Å². The van der Waals surface area contributed by atoms with E-state index in [9.17, 15) is 5.11 Å². The molecule has 1 heterocycles. The molecule has 0 aliphatic heterocycles. The average Bonchev–Trinajstić information content (AvgIpc) is 2.94. The number of phenols is 1. The lowest BCUT2D eigenvalue weighted by Crippen LogP contribution is -1.93. The van der Waals surface area contributed by atoms with Gasteiger partial charge in [0, 0.05) is 12.0 Å². The van der Waals surface area contributed by atoms with E-state index in [1.807, 2.05) is 37.3 Å². The summed E-state index contributed by atoms with van der Waals surface area (Å²) >= 11 is 0. The quantitative estimate of drug-likeness (QED) is 0.788. The van der Waals surface area contributed by atoms with Crippen LogP contribution in [0.25, 0.3) is 22.2 Å². The van der Waals surface area contributed by atoms with Gasteiger partial charge in [0.25, 0.3) is 5.89 Å². The molecule has 0 aliphatic carbocycles. The zero-order valence-electron chi connectivity index (χ0n) is 11.0. The van der Waals surface area contributed by atoms with E-state index >= 15 is 0 Å². The summed E-state index contributed by atoms with van der Waals surface area (Å²) < 4.78 is 10.4. The summed E-state index contributed by atoms with van der Waals surface area (Å²) in [6.45, 7) is 2.79. The van der Waals surface area contributed by atoms with Gasteiger partial charge < -0.3 is 14.4 Å². The van der Waals surface area contributed by atoms with E-state index in [4.69, 9.17) is 9.26 Å². The third-order valence-corrected chi connectivity index (χ3v) is 3.03. The Morgan fingerprint density at radius 1 is 1.20 bits per heavy atom. The van der Waals surface area contributed by atoms with Gasteiger partial charge in [0.2, 0.25) is 0 Å². The van der Waals surface area contributed by atoms with E-state index in [2.05, 4.69) is 10.1 Å². The molecule has 5 nitrogen and oxygen atoms in total. The highest BCUT2D eigenvalue weighted by atomic mass is 16.5. The number of rotatable bonds is 4. The summed E-state index contributed by atoms with van der Waals surface area (Å²) in [7, 11) is 0. The van der Waals surface area contributed by atoms with Crippen LogP contribution in [0.4, 0.5) is 0 Å². The highest BCUT2D eigenvalue weighted by Crippen LogP contribution is 2.34. The Labute approximate surface area is 115 Å². The van der Waals surface area contributed by atoms with Crippen molar-refractivity contribution in [2.24, 2.45) is 0 Å². The fourth-order valence-electron chi connectivity index (χ4n) is 2.04. The standard InChI is InChI=1S/C15H14N2O3/c1-2-19-9-13-16-15(20-17-13)12-8-7-10-5-3-4-6-11(10)14(12)18/h3-8,18H,2,9H2,1H3. The van der Waals surface area contributed by atoms with Crippen molar-refractivity contribution >= 4 is 10.8 Å². The van der Waals surface area contributed by atoms with Crippen molar-refractivity contribution in [3.05, 3.63) is 42.2 Å². The fourth-order valence-corrected chi connectivity index (χ4v) is 2.04. The summed E-state index contributed by atoms with van der Waals surface area (Å²) in [6, 6.07) is 11.3. The van der Waals surface area contributed by atoms with E-state index < -0.39 is 0 Å². The lowest BCUT2D eigenvalue weighted by Gasteiger charge is -2.04. The highest BCUT2D eigenvalue weighted by Gasteiger charge is 2.14. The number of aromatic hydroxyl groups is 1. The predicted octanol–water partition coefficient (Wildman–Crippen LogP) is 3.13. The second-order valence-corrected chi connectivity index (χ2v) is 4.34. The molecular formula is C15H14N2O3. The topological polar surface area (TPSA) is 68.4 Å². The van der Waals surface area contributed by atoms with Gasteiger partial charge in [0.1, 0.15) is 12.4 Å². The minimum atomic E-state index is 0.148. The molecule has 0 fully saturated rings. The smallest absolute Gasteiger partial charge is 0.261 e. The number of hydrogen-bond acceptors (Lipinski definition) is 5. The van der Waals surface area contributed by atoms with Crippen molar-refractivity contribution in [3.63, 3.8) is 0 Å². The Bertz CT molecular complexity index is 737.